The molecule has 0 bridgehead atoms. The summed E-state index contributed by atoms with van der Waals surface area (Å²) in [6.45, 7) is 8.00. The maximum absolute atomic E-state index is 13.8. The van der Waals surface area contributed by atoms with Crippen molar-refractivity contribution in [3.05, 3.63) is 35.5 Å². The molecular formula is C25H34F2N4O5. The number of carbonyl (C=O) groups is 4. The second kappa shape index (κ2) is 12.6. The van der Waals surface area contributed by atoms with E-state index in [1.165, 1.54) is 6.07 Å². The van der Waals surface area contributed by atoms with E-state index in [2.05, 4.69) is 48.6 Å². The van der Waals surface area contributed by atoms with Gasteiger partial charge in [-0.3, -0.25) is 19.2 Å². The molecule has 1 aliphatic rings. The first kappa shape index (κ1) is 28.9. The first-order chi connectivity index (χ1) is 16.8. The van der Waals surface area contributed by atoms with Gasteiger partial charge in [-0.2, -0.15) is 0 Å². The van der Waals surface area contributed by atoms with E-state index in [4.69, 9.17) is 5.11 Å². The summed E-state index contributed by atoms with van der Waals surface area (Å²) in [6.07, 6.45) is 1.35. The number of amides is 3. The van der Waals surface area contributed by atoms with Crippen molar-refractivity contribution in [3.8, 4) is 0 Å². The molecule has 2 aromatic rings. The van der Waals surface area contributed by atoms with Crippen LogP contribution in [0.1, 0.15) is 57.4 Å². The molecule has 2 heterocycles. The zero-order chi connectivity index (χ0) is 27.0. The van der Waals surface area contributed by atoms with Crippen LogP contribution >= 0.6 is 0 Å². The van der Waals surface area contributed by atoms with Gasteiger partial charge >= 0.3 is 0 Å². The molecule has 0 aliphatic carbocycles. The Morgan fingerprint density at radius 1 is 1.17 bits per heavy atom. The van der Waals surface area contributed by atoms with Crippen molar-refractivity contribution in [1.82, 2.24) is 20.9 Å². The van der Waals surface area contributed by atoms with Gasteiger partial charge in [0.1, 0.15) is 23.9 Å². The number of carbonyl (C=O) groups excluding carboxylic acids is 4. The van der Waals surface area contributed by atoms with E-state index in [1.807, 2.05) is 0 Å². The van der Waals surface area contributed by atoms with Crippen molar-refractivity contribution in [2.24, 2.45) is 11.3 Å². The minimum Gasteiger partial charge on any atom is -0.389 e. The Bertz CT molecular complexity index is 1100. The number of nitrogens with one attached hydrogen (secondary N) is 4. The SMILES string of the molecule is CC(C)(C)C.O=C(CNC(=O)c1cc2cc(F)cc(F)c2[nH]1)NC(C[C@@H]1CCCNC1=O)C(=O)CO. The number of aliphatic hydroxyl groups is 1. The van der Waals surface area contributed by atoms with Gasteiger partial charge in [0.25, 0.3) is 5.91 Å². The largest absolute Gasteiger partial charge is 0.389 e. The van der Waals surface area contributed by atoms with E-state index in [-0.39, 0.29) is 28.9 Å². The molecule has 0 saturated carbocycles. The summed E-state index contributed by atoms with van der Waals surface area (Å²) in [5.41, 5.74) is 0.379. The number of aromatic amines is 1. The van der Waals surface area contributed by atoms with E-state index in [1.54, 1.807) is 0 Å². The Labute approximate surface area is 208 Å². The first-order valence-electron chi connectivity index (χ1n) is 11.7. The van der Waals surface area contributed by atoms with Crippen molar-refractivity contribution in [2.45, 2.75) is 53.0 Å². The van der Waals surface area contributed by atoms with Crippen LogP contribution in [0.25, 0.3) is 10.9 Å². The number of benzene rings is 1. The monoisotopic (exact) mass is 508 g/mol. The average Bonchev–Trinajstić information content (AvgIpc) is 3.21. The van der Waals surface area contributed by atoms with Crippen LogP contribution in [0.5, 0.6) is 0 Å². The van der Waals surface area contributed by atoms with Gasteiger partial charge in [0.2, 0.25) is 11.8 Å². The lowest BCUT2D eigenvalue weighted by atomic mass is 9.90. The Morgan fingerprint density at radius 2 is 1.83 bits per heavy atom. The molecule has 11 heteroatoms. The average molecular weight is 509 g/mol. The minimum atomic E-state index is -1.08. The highest BCUT2D eigenvalue weighted by molar-refractivity contribution is 6.00. The predicted octanol–water partition coefficient (Wildman–Crippen LogP) is 2.19. The van der Waals surface area contributed by atoms with Crippen molar-refractivity contribution in [3.63, 3.8) is 0 Å². The van der Waals surface area contributed by atoms with Crippen molar-refractivity contribution < 1.29 is 33.1 Å². The lowest BCUT2D eigenvalue weighted by molar-refractivity contribution is -0.131. The number of piperidine rings is 1. The third-order valence-corrected chi connectivity index (χ3v) is 5.10. The second-order valence-electron chi connectivity index (χ2n) is 10.3. The highest BCUT2D eigenvalue weighted by Gasteiger charge is 2.29. The minimum absolute atomic E-state index is 0.0395. The van der Waals surface area contributed by atoms with Crippen LogP contribution in [0.2, 0.25) is 0 Å². The molecule has 0 spiro atoms. The summed E-state index contributed by atoms with van der Waals surface area (Å²) in [4.78, 5) is 50.9. The lowest BCUT2D eigenvalue weighted by Crippen LogP contribution is -2.49. The van der Waals surface area contributed by atoms with Crippen molar-refractivity contribution in [1.29, 1.82) is 0 Å². The zero-order valence-electron chi connectivity index (χ0n) is 21.0. The third-order valence-electron chi connectivity index (χ3n) is 5.10. The molecule has 9 nitrogen and oxygen atoms in total. The molecule has 1 aromatic carbocycles. The zero-order valence-corrected chi connectivity index (χ0v) is 21.0. The fraction of sp³-hybridized carbons (Fsp3) is 0.520. The van der Waals surface area contributed by atoms with Crippen molar-refractivity contribution in [2.75, 3.05) is 19.7 Å². The summed E-state index contributed by atoms with van der Waals surface area (Å²) in [5.74, 6) is -4.41. The van der Waals surface area contributed by atoms with Gasteiger partial charge in [-0.25, -0.2) is 8.78 Å². The maximum Gasteiger partial charge on any atom is 0.268 e. The number of H-pyrrole nitrogens is 1. The molecule has 3 amide bonds. The molecule has 1 aliphatic heterocycles. The summed E-state index contributed by atoms with van der Waals surface area (Å²) >= 11 is 0. The van der Waals surface area contributed by atoms with E-state index < -0.39 is 54.3 Å². The molecule has 3 rings (SSSR count). The van der Waals surface area contributed by atoms with Gasteiger partial charge in [-0.1, -0.05) is 27.7 Å². The summed E-state index contributed by atoms with van der Waals surface area (Å²) in [6, 6.07) is 1.91. The Balaban J connectivity index is 0.000000830. The summed E-state index contributed by atoms with van der Waals surface area (Å²) in [7, 11) is 0. The van der Waals surface area contributed by atoms with E-state index in [0.717, 1.165) is 12.5 Å². The number of halogens is 2. The van der Waals surface area contributed by atoms with E-state index in [9.17, 15) is 28.0 Å². The van der Waals surface area contributed by atoms with Crippen LogP contribution < -0.4 is 16.0 Å². The van der Waals surface area contributed by atoms with Gasteiger partial charge in [0.15, 0.2) is 5.78 Å². The molecule has 1 saturated heterocycles. The Kier molecular flexibility index (Phi) is 10.1. The lowest BCUT2D eigenvalue weighted by Gasteiger charge is -2.26. The number of rotatable bonds is 8. The van der Waals surface area contributed by atoms with Crippen LogP contribution in [0.3, 0.4) is 0 Å². The number of aromatic nitrogens is 1. The molecule has 1 unspecified atom stereocenters. The van der Waals surface area contributed by atoms with Crippen LogP contribution in [0.15, 0.2) is 18.2 Å². The summed E-state index contributed by atoms with van der Waals surface area (Å²) in [5, 5.41) is 16.7. The molecule has 2 atom stereocenters. The fourth-order valence-corrected chi connectivity index (χ4v) is 3.51. The highest BCUT2D eigenvalue weighted by Crippen LogP contribution is 2.20. The summed E-state index contributed by atoms with van der Waals surface area (Å²) < 4.78 is 27.1. The van der Waals surface area contributed by atoms with Crippen LogP contribution in [0, 0.1) is 23.0 Å². The second-order valence-corrected chi connectivity index (χ2v) is 10.3. The highest BCUT2D eigenvalue weighted by atomic mass is 19.1. The van der Waals surface area contributed by atoms with E-state index >= 15 is 0 Å². The number of aliphatic hydroxyl groups excluding tert-OH is 1. The molecule has 1 fully saturated rings. The van der Waals surface area contributed by atoms with Gasteiger partial charge in [-0.15, -0.1) is 0 Å². The van der Waals surface area contributed by atoms with Gasteiger partial charge in [-0.05, 0) is 36.8 Å². The van der Waals surface area contributed by atoms with Crippen LogP contribution in [0.4, 0.5) is 8.78 Å². The Morgan fingerprint density at radius 3 is 2.44 bits per heavy atom. The molecule has 0 radical (unpaired) electrons. The smallest absolute Gasteiger partial charge is 0.268 e. The van der Waals surface area contributed by atoms with E-state index in [0.29, 0.717) is 24.4 Å². The number of hydrogen-bond donors (Lipinski definition) is 5. The molecule has 1 aromatic heterocycles. The fourth-order valence-electron chi connectivity index (χ4n) is 3.51. The molecule has 36 heavy (non-hydrogen) atoms. The molecular weight excluding hydrogens is 474 g/mol. The number of fused-ring (bicyclic) bond motifs is 1. The maximum atomic E-state index is 13.8. The molecule has 5 N–H and O–H groups in total. The number of Topliss-reactive ketones (excluding diaryl/α,β-unsaturated/α-hetero) is 1. The number of ketones is 1. The quantitative estimate of drug-likeness (QED) is 0.372. The normalized spacial score (nSPS) is 16.4. The first-order valence-corrected chi connectivity index (χ1v) is 11.7. The Hall–Kier alpha value is -3.34. The van der Waals surface area contributed by atoms with Crippen LogP contribution in [-0.2, 0) is 14.4 Å². The standard InChI is InChI=1S/C20H22F2N4O5.C5H12/c21-12-4-11-6-15(26-18(11)13(22)7-12)20(31)24-8-17(29)25-14(16(28)9-27)5-10-2-1-3-23-19(10)30;1-5(2,3)4/h4,6-7,10,14,26-27H,1-3,5,8-9H2,(H,23,30)(H,24,31)(H,25,29);1-4H3/t10-,14?;/m0./s1. The van der Waals surface area contributed by atoms with Gasteiger partial charge < -0.3 is 26.0 Å². The number of hydrogen-bond acceptors (Lipinski definition) is 5. The predicted molar refractivity (Wildman–Crippen MR) is 130 cm³/mol. The molecule has 198 valence electrons. The third kappa shape index (κ3) is 9.03. The van der Waals surface area contributed by atoms with Crippen molar-refractivity contribution >= 4 is 34.4 Å². The van der Waals surface area contributed by atoms with Gasteiger partial charge in [0, 0.05) is 23.9 Å². The van der Waals surface area contributed by atoms with Crippen LogP contribution in [-0.4, -0.2) is 59.3 Å². The van der Waals surface area contributed by atoms with Gasteiger partial charge in [0.05, 0.1) is 18.1 Å². The topological polar surface area (TPSA) is 140 Å².